The normalized spacial score (nSPS) is 13.9. The van der Waals surface area contributed by atoms with Gasteiger partial charge in [-0.15, -0.1) is 0 Å². The van der Waals surface area contributed by atoms with Crippen molar-refractivity contribution in [1.82, 2.24) is 0 Å². The summed E-state index contributed by atoms with van der Waals surface area (Å²) in [5.41, 5.74) is 0. The highest BCUT2D eigenvalue weighted by molar-refractivity contribution is 7.47. The molecule has 0 aliphatic rings. The molecule has 2 atom stereocenters. The monoisotopic (exact) mass is 1240 g/mol. The molecule has 88 heavy (non-hydrogen) atoms. The van der Waals surface area contributed by atoms with E-state index in [1.54, 1.807) is 0 Å². The molecule has 0 saturated carbocycles. The van der Waals surface area contributed by atoms with Gasteiger partial charge in [-0.3, -0.25) is 18.6 Å². The molecule has 0 amide bonds. The number of phosphoric acid groups is 1. The van der Waals surface area contributed by atoms with E-state index in [4.69, 9.17) is 18.5 Å². The van der Waals surface area contributed by atoms with E-state index < -0.39 is 26.5 Å². The average molecular weight is 1250 g/mol. The first-order valence-electron chi connectivity index (χ1n) is 35.9. The number of quaternary nitrogens is 1. The second-order valence-electron chi connectivity index (χ2n) is 24.9. The summed E-state index contributed by atoms with van der Waals surface area (Å²) in [5.74, 6) is -0.826. The van der Waals surface area contributed by atoms with Gasteiger partial charge in [0.2, 0.25) is 0 Å². The lowest BCUT2D eigenvalue weighted by Crippen LogP contribution is -2.37. The van der Waals surface area contributed by atoms with Crippen molar-refractivity contribution in [3.8, 4) is 0 Å². The molecule has 10 heteroatoms. The van der Waals surface area contributed by atoms with E-state index >= 15 is 0 Å². The fourth-order valence-electron chi connectivity index (χ4n) is 9.69. The van der Waals surface area contributed by atoms with Gasteiger partial charge in [0.1, 0.15) is 19.8 Å². The zero-order valence-corrected chi connectivity index (χ0v) is 58.3. The number of unbranched alkanes of at least 4 members (excludes halogenated alkanes) is 29. The molecule has 0 aliphatic heterocycles. The number of rotatable bonds is 65. The molecule has 9 nitrogen and oxygen atoms in total. The minimum Gasteiger partial charge on any atom is -0.462 e. The number of carbonyl (C=O) groups is 2. The Labute approximate surface area is 542 Å². The van der Waals surface area contributed by atoms with Crippen molar-refractivity contribution in [2.75, 3.05) is 47.5 Å². The van der Waals surface area contributed by atoms with Gasteiger partial charge in [0.15, 0.2) is 6.10 Å². The second-order valence-corrected chi connectivity index (χ2v) is 26.3. The van der Waals surface area contributed by atoms with Gasteiger partial charge in [-0.1, -0.05) is 302 Å². The Bertz CT molecular complexity index is 1950. The Morgan fingerprint density at radius 1 is 0.364 bits per heavy atom. The smallest absolute Gasteiger partial charge is 0.462 e. The Morgan fingerprint density at radius 2 is 0.648 bits per heavy atom. The van der Waals surface area contributed by atoms with Crippen molar-refractivity contribution in [2.24, 2.45) is 0 Å². The van der Waals surface area contributed by atoms with Crippen LogP contribution in [0.2, 0.25) is 0 Å². The number of esters is 2. The van der Waals surface area contributed by atoms with Crippen LogP contribution in [0.5, 0.6) is 0 Å². The molecule has 0 aromatic rings. The fraction of sp³-hybridized carbons (Fsp3) is 0.692. The lowest BCUT2D eigenvalue weighted by molar-refractivity contribution is -0.870. The predicted octanol–water partition coefficient (Wildman–Crippen LogP) is 23.6. The van der Waals surface area contributed by atoms with Crippen LogP contribution >= 0.6 is 7.82 Å². The third kappa shape index (κ3) is 71.2. The minimum absolute atomic E-state index is 0.0205. The molecule has 0 bridgehead atoms. The lowest BCUT2D eigenvalue weighted by Gasteiger charge is -2.24. The average Bonchev–Trinajstić information content (AvgIpc) is 3.57. The predicted molar refractivity (Wildman–Crippen MR) is 381 cm³/mol. The van der Waals surface area contributed by atoms with E-state index in [-0.39, 0.29) is 32.0 Å². The van der Waals surface area contributed by atoms with Gasteiger partial charge in [-0.2, -0.15) is 0 Å². The van der Waals surface area contributed by atoms with Gasteiger partial charge in [0.05, 0.1) is 27.7 Å². The Hall–Kier alpha value is -3.85. The largest absolute Gasteiger partial charge is 0.472 e. The van der Waals surface area contributed by atoms with E-state index in [0.717, 1.165) is 109 Å². The van der Waals surface area contributed by atoms with Gasteiger partial charge < -0.3 is 18.9 Å². The summed E-state index contributed by atoms with van der Waals surface area (Å²) < 4.78 is 34.7. The highest BCUT2D eigenvalue weighted by Gasteiger charge is 2.27. The number of ether oxygens (including phenoxy) is 2. The maximum absolute atomic E-state index is 12.9. The van der Waals surface area contributed by atoms with Gasteiger partial charge in [-0.25, -0.2) is 4.57 Å². The van der Waals surface area contributed by atoms with Crippen LogP contribution < -0.4 is 0 Å². The highest BCUT2D eigenvalue weighted by atomic mass is 31.2. The zero-order chi connectivity index (χ0) is 64.1. The van der Waals surface area contributed by atoms with Crippen molar-refractivity contribution in [1.29, 1.82) is 0 Å². The summed E-state index contributed by atoms with van der Waals surface area (Å²) in [6.45, 7) is 4.30. The van der Waals surface area contributed by atoms with Gasteiger partial charge in [0.25, 0.3) is 0 Å². The first kappa shape index (κ1) is 84.2. The van der Waals surface area contributed by atoms with Gasteiger partial charge in [0, 0.05) is 12.8 Å². The molecule has 0 rings (SSSR count). The zero-order valence-electron chi connectivity index (χ0n) is 57.4. The number of nitrogens with zero attached hydrogens (tertiary/aromatic N) is 1. The number of hydrogen-bond donors (Lipinski definition) is 1. The highest BCUT2D eigenvalue weighted by Crippen LogP contribution is 2.43. The number of phosphoric ester groups is 1. The van der Waals surface area contributed by atoms with Crippen molar-refractivity contribution < 1.29 is 42.1 Å². The van der Waals surface area contributed by atoms with E-state index in [1.165, 1.54) is 154 Å². The van der Waals surface area contributed by atoms with Crippen LogP contribution in [0.4, 0.5) is 0 Å². The third-order valence-electron chi connectivity index (χ3n) is 15.2. The van der Waals surface area contributed by atoms with Crippen molar-refractivity contribution in [2.45, 2.75) is 302 Å². The van der Waals surface area contributed by atoms with Crippen molar-refractivity contribution in [3.63, 3.8) is 0 Å². The van der Waals surface area contributed by atoms with Crippen LogP contribution in [-0.4, -0.2) is 74.9 Å². The molecule has 0 aromatic carbocycles. The molecule has 2 unspecified atom stereocenters. The summed E-state index contributed by atoms with van der Waals surface area (Å²) in [4.78, 5) is 35.9. The maximum atomic E-state index is 12.9. The van der Waals surface area contributed by atoms with Crippen LogP contribution in [0.15, 0.2) is 134 Å². The van der Waals surface area contributed by atoms with Crippen LogP contribution in [0.25, 0.3) is 0 Å². The molecule has 0 spiro atoms. The molecule has 0 aliphatic carbocycles. The quantitative estimate of drug-likeness (QED) is 0.0211. The number of allylic oxidation sites excluding steroid dienone is 22. The summed E-state index contributed by atoms with van der Waals surface area (Å²) in [7, 11) is 1.45. The molecular formula is C78H135NO8P+. The van der Waals surface area contributed by atoms with Crippen LogP contribution in [-0.2, 0) is 32.7 Å². The third-order valence-corrected chi connectivity index (χ3v) is 16.1. The molecule has 0 fully saturated rings. The number of hydrogen-bond acceptors (Lipinski definition) is 7. The van der Waals surface area contributed by atoms with Gasteiger partial charge in [-0.05, 0) is 116 Å². The first-order valence-corrected chi connectivity index (χ1v) is 37.4. The minimum atomic E-state index is -4.41. The van der Waals surface area contributed by atoms with E-state index in [1.807, 2.05) is 21.1 Å². The first-order chi connectivity index (χ1) is 43.0. The summed E-state index contributed by atoms with van der Waals surface area (Å²) in [6.07, 6.45) is 98.5. The SMILES string of the molecule is CC/C=C\C/C=C\C/C=C\C/C=C\C/C=C\C/C=C\C/C=C\C/C=C\C/C=C\C/C=C\CCCCCCC(=O)OC(COC(=O)CCCCCCCCCCCCCCCCCCC/C=C\CCCCCCCCCC)COP(=O)(O)OCC[N+](C)(C)C. The second kappa shape index (κ2) is 67.5. The summed E-state index contributed by atoms with van der Waals surface area (Å²) in [6, 6.07) is 0. The molecular weight excluding hydrogens is 1110 g/mol. The molecule has 0 heterocycles. The topological polar surface area (TPSA) is 108 Å². The van der Waals surface area contributed by atoms with Crippen molar-refractivity contribution >= 4 is 19.8 Å². The van der Waals surface area contributed by atoms with Crippen LogP contribution in [0.3, 0.4) is 0 Å². The number of likely N-dealkylation sites (N-methyl/N-ethyl adjacent to an activating group) is 1. The molecule has 0 saturated heterocycles. The Kier molecular flexibility index (Phi) is 64.6. The van der Waals surface area contributed by atoms with E-state index in [2.05, 4.69) is 148 Å². The van der Waals surface area contributed by atoms with Crippen LogP contribution in [0.1, 0.15) is 296 Å². The summed E-state index contributed by atoms with van der Waals surface area (Å²) >= 11 is 0. The lowest BCUT2D eigenvalue weighted by atomic mass is 10.0. The standard InChI is InChI=1S/C78H134NO8P/c1-6-8-10-12-14-16-18-20-22-24-26-28-30-32-34-36-37-38-39-40-41-43-45-47-49-51-53-55-57-59-61-63-65-67-69-71-78(81)87-76(75-86-88(82,83)85-73-72-79(3,4)5)74-84-77(80)70-68-66-64-62-60-58-56-54-52-50-48-46-44-42-35-33-31-29-27-25-23-21-19-17-15-13-11-9-7-2/h8,10,14,16,20,22,25-28,32,34,37-38,40-41,45,47,51,53,57,59,76H,6-7,9,11-13,15,17-19,21,23-24,29-31,33,35-36,39,42-44,46,48-50,52,54-56,58,60-75H2,1-5H3/p+1/b10-8-,16-14-,22-20-,27-25-,28-26-,34-32-,38-37-,41-40-,47-45-,53-51-,59-57-. The Balaban J connectivity index is 4.14. The fourth-order valence-corrected chi connectivity index (χ4v) is 10.4. The van der Waals surface area contributed by atoms with E-state index in [0.29, 0.717) is 17.4 Å². The van der Waals surface area contributed by atoms with Gasteiger partial charge >= 0.3 is 19.8 Å². The maximum Gasteiger partial charge on any atom is 0.472 e. The molecule has 1 N–H and O–H groups in total. The Morgan fingerprint density at radius 3 is 0.977 bits per heavy atom. The van der Waals surface area contributed by atoms with Crippen LogP contribution in [0, 0.1) is 0 Å². The molecule has 0 aromatic heterocycles. The van der Waals surface area contributed by atoms with Crippen molar-refractivity contribution in [3.05, 3.63) is 134 Å². The van der Waals surface area contributed by atoms with E-state index in [9.17, 15) is 19.0 Å². The molecule has 504 valence electrons. The summed E-state index contributed by atoms with van der Waals surface area (Å²) in [5, 5.41) is 0. The number of carbonyl (C=O) groups excluding carboxylic acids is 2. The molecule has 0 radical (unpaired) electrons.